The molecule has 1 aliphatic heterocycles. The predicted octanol–water partition coefficient (Wildman–Crippen LogP) is -0.503. The Kier molecular flexibility index (Phi) is 1.39. The van der Waals surface area contributed by atoms with Crippen molar-refractivity contribution in [2.75, 3.05) is 20.6 Å². The first kappa shape index (κ1) is 5.44. The fourth-order valence-electron chi connectivity index (χ4n) is 0.614. The molecule has 1 heterocycles. The summed E-state index contributed by atoms with van der Waals surface area (Å²) in [5.74, 6) is 0. The molecule has 0 atom stereocenters. The molecule has 3 heteroatoms. The standard InChI is InChI=1S/C5H11N3/c1-8(2)5-3-6-7-4-5/h3,6-7H,4H2,1-2H3. The van der Waals surface area contributed by atoms with E-state index in [1.165, 1.54) is 5.70 Å². The van der Waals surface area contributed by atoms with E-state index < -0.39 is 0 Å². The summed E-state index contributed by atoms with van der Waals surface area (Å²) in [6.07, 6.45) is 1.96. The van der Waals surface area contributed by atoms with E-state index >= 15 is 0 Å². The van der Waals surface area contributed by atoms with Crippen LogP contribution in [-0.2, 0) is 0 Å². The maximum atomic E-state index is 2.97. The SMILES string of the molecule is CN(C)C1=CNNC1. The second kappa shape index (κ2) is 2.05. The summed E-state index contributed by atoms with van der Waals surface area (Å²) in [5.41, 5.74) is 7.15. The Labute approximate surface area is 49.3 Å². The lowest BCUT2D eigenvalue weighted by atomic mass is 10.5. The van der Waals surface area contributed by atoms with Gasteiger partial charge in [0, 0.05) is 26.0 Å². The summed E-state index contributed by atoms with van der Waals surface area (Å²) in [4.78, 5) is 2.08. The van der Waals surface area contributed by atoms with E-state index in [1.807, 2.05) is 20.3 Å². The lowest BCUT2D eigenvalue weighted by molar-refractivity contribution is 0.500. The van der Waals surface area contributed by atoms with Crippen molar-refractivity contribution in [3.05, 3.63) is 11.9 Å². The van der Waals surface area contributed by atoms with Crippen LogP contribution < -0.4 is 10.9 Å². The molecule has 3 nitrogen and oxygen atoms in total. The molecule has 1 rings (SSSR count). The highest BCUT2D eigenvalue weighted by atomic mass is 15.4. The normalized spacial score (nSPS) is 17.5. The van der Waals surface area contributed by atoms with E-state index in [-0.39, 0.29) is 0 Å². The van der Waals surface area contributed by atoms with Crippen molar-refractivity contribution in [2.45, 2.75) is 0 Å². The van der Waals surface area contributed by atoms with Crippen molar-refractivity contribution in [1.29, 1.82) is 0 Å². The Morgan fingerprint density at radius 3 is 2.62 bits per heavy atom. The molecule has 0 fully saturated rings. The van der Waals surface area contributed by atoms with Crippen molar-refractivity contribution in [3.8, 4) is 0 Å². The highest BCUT2D eigenvalue weighted by molar-refractivity contribution is 5.03. The first-order valence-electron chi connectivity index (χ1n) is 2.65. The molecule has 2 N–H and O–H groups in total. The number of hydrazine groups is 1. The molecule has 0 aromatic carbocycles. The van der Waals surface area contributed by atoms with Crippen LogP contribution in [0.1, 0.15) is 0 Å². The van der Waals surface area contributed by atoms with Gasteiger partial charge in [0.05, 0.1) is 6.54 Å². The molecule has 46 valence electrons. The molecule has 0 aliphatic carbocycles. The van der Waals surface area contributed by atoms with E-state index in [0.29, 0.717) is 0 Å². The molecule has 0 saturated heterocycles. The molecule has 1 aliphatic rings. The highest BCUT2D eigenvalue weighted by Gasteiger charge is 2.02. The van der Waals surface area contributed by atoms with Crippen molar-refractivity contribution in [3.63, 3.8) is 0 Å². The smallest absolute Gasteiger partial charge is 0.0563 e. The third-order valence-corrected chi connectivity index (χ3v) is 1.18. The second-order valence-corrected chi connectivity index (χ2v) is 2.03. The average molecular weight is 113 g/mol. The summed E-state index contributed by atoms with van der Waals surface area (Å²) >= 11 is 0. The zero-order valence-electron chi connectivity index (χ0n) is 5.23. The summed E-state index contributed by atoms with van der Waals surface area (Å²) < 4.78 is 0. The van der Waals surface area contributed by atoms with Crippen molar-refractivity contribution in [1.82, 2.24) is 15.8 Å². The van der Waals surface area contributed by atoms with Gasteiger partial charge >= 0.3 is 0 Å². The molecular formula is C5H11N3. The Hall–Kier alpha value is -0.700. The first-order valence-corrected chi connectivity index (χ1v) is 2.65. The van der Waals surface area contributed by atoms with Crippen LogP contribution >= 0.6 is 0 Å². The monoisotopic (exact) mass is 113 g/mol. The van der Waals surface area contributed by atoms with Crippen LogP contribution in [-0.4, -0.2) is 25.5 Å². The summed E-state index contributed by atoms with van der Waals surface area (Å²) in [6, 6.07) is 0. The number of hydrogen-bond donors (Lipinski definition) is 2. The van der Waals surface area contributed by atoms with Gasteiger partial charge in [-0.3, -0.25) is 0 Å². The molecule has 0 unspecified atom stereocenters. The molecule has 0 saturated carbocycles. The van der Waals surface area contributed by atoms with Gasteiger partial charge in [-0.2, -0.15) is 0 Å². The highest BCUT2D eigenvalue weighted by Crippen LogP contribution is 1.96. The lowest BCUT2D eigenvalue weighted by Gasteiger charge is -2.10. The Balaban J connectivity index is 2.45. The van der Waals surface area contributed by atoms with Crippen LogP contribution in [0.4, 0.5) is 0 Å². The Morgan fingerprint density at radius 2 is 2.38 bits per heavy atom. The summed E-state index contributed by atoms with van der Waals surface area (Å²) in [5, 5.41) is 0. The zero-order valence-corrected chi connectivity index (χ0v) is 5.23. The third kappa shape index (κ3) is 0.924. The van der Waals surface area contributed by atoms with Gasteiger partial charge in [0.25, 0.3) is 0 Å². The van der Waals surface area contributed by atoms with Gasteiger partial charge in [-0.05, 0) is 0 Å². The van der Waals surface area contributed by atoms with Gasteiger partial charge in [-0.1, -0.05) is 0 Å². The van der Waals surface area contributed by atoms with Gasteiger partial charge in [0.1, 0.15) is 0 Å². The first-order chi connectivity index (χ1) is 3.80. The molecule has 8 heavy (non-hydrogen) atoms. The molecule has 0 aromatic heterocycles. The van der Waals surface area contributed by atoms with Crippen molar-refractivity contribution in [2.24, 2.45) is 0 Å². The third-order valence-electron chi connectivity index (χ3n) is 1.18. The van der Waals surface area contributed by atoms with E-state index in [0.717, 1.165) is 6.54 Å². The predicted molar refractivity (Wildman–Crippen MR) is 32.9 cm³/mol. The Morgan fingerprint density at radius 1 is 1.62 bits per heavy atom. The quantitative estimate of drug-likeness (QED) is 0.480. The van der Waals surface area contributed by atoms with Gasteiger partial charge in [-0.15, -0.1) is 0 Å². The van der Waals surface area contributed by atoms with E-state index in [4.69, 9.17) is 0 Å². The zero-order chi connectivity index (χ0) is 5.98. The van der Waals surface area contributed by atoms with Gasteiger partial charge < -0.3 is 10.3 Å². The molecule has 0 amide bonds. The number of hydrogen-bond acceptors (Lipinski definition) is 3. The van der Waals surface area contributed by atoms with Crippen LogP contribution in [0.25, 0.3) is 0 Å². The van der Waals surface area contributed by atoms with E-state index in [1.54, 1.807) is 0 Å². The average Bonchev–Trinajstić information content (AvgIpc) is 2.12. The maximum absolute atomic E-state index is 2.97. The molecule has 0 aromatic rings. The molecule has 0 bridgehead atoms. The minimum atomic E-state index is 0.924. The van der Waals surface area contributed by atoms with Gasteiger partial charge in [0.15, 0.2) is 0 Å². The van der Waals surface area contributed by atoms with E-state index in [9.17, 15) is 0 Å². The van der Waals surface area contributed by atoms with Crippen LogP contribution in [0.15, 0.2) is 11.9 Å². The van der Waals surface area contributed by atoms with E-state index in [2.05, 4.69) is 15.8 Å². The van der Waals surface area contributed by atoms with Gasteiger partial charge in [0.2, 0.25) is 0 Å². The fraction of sp³-hybridized carbons (Fsp3) is 0.600. The number of nitrogens with zero attached hydrogens (tertiary/aromatic N) is 1. The summed E-state index contributed by atoms with van der Waals surface area (Å²) in [6.45, 7) is 0.924. The molecular weight excluding hydrogens is 102 g/mol. The van der Waals surface area contributed by atoms with Crippen LogP contribution in [0, 0.1) is 0 Å². The van der Waals surface area contributed by atoms with Crippen LogP contribution in [0.5, 0.6) is 0 Å². The van der Waals surface area contributed by atoms with Gasteiger partial charge in [-0.25, -0.2) is 5.43 Å². The fourth-order valence-corrected chi connectivity index (χ4v) is 0.614. The number of likely N-dealkylation sites (N-methyl/N-ethyl adjacent to an activating group) is 1. The molecule has 0 spiro atoms. The lowest BCUT2D eigenvalue weighted by Crippen LogP contribution is -2.22. The minimum absolute atomic E-state index is 0.924. The van der Waals surface area contributed by atoms with Crippen molar-refractivity contribution < 1.29 is 0 Å². The number of nitrogens with one attached hydrogen (secondary N) is 2. The topological polar surface area (TPSA) is 27.3 Å². The van der Waals surface area contributed by atoms with Crippen LogP contribution in [0.2, 0.25) is 0 Å². The van der Waals surface area contributed by atoms with Crippen molar-refractivity contribution >= 4 is 0 Å². The summed E-state index contributed by atoms with van der Waals surface area (Å²) in [7, 11) is 4.06. The van der Waals surface area contributed by atoms with Crippen LogP contribution in [0.3, 0.4) is 0 Å². The Bertz CT molecular complexity index is 106. The largest absolute Gasteiger partial charge is 0.379 e. The number of rotatable bonds is 1. The second-order valence-electron chi connectivity index (χ2n) is 2.03. The maximum Gasteiger partial charge on any atom is 0.0563 e. The molecule has 0 radical (unpaired) electrons. The minimum Gasteiger partial charge on any atom is -0.379 e.